The van der Waals surface area contributed by atoms with Crippen LogP contribution in [-0.4, -0.2) is 18.0 Å². The van der Waals surface area contributed by atoms with Gasteiger partial charge in [-0.1, -0.05) is 30.3 Å². The van der Waals surface area contributed by atoms with Crippen molar-refractivity contribution in [2.75, 3.05) is 0 Å². The van der Waals surface area contributed by atoms with E-state index in [1.807, 2.05) is 0 Å². The average molecular weight is 436 g/mol. The summed E-state index contributed by atoms with van der Waals surface area (Å²) in [5.74, 6) is -0.528. The van der Waals surface area contributed by atoms with Crippen LogP contribution in [0.1, 0.15) is 62.9 Å². The Labute approximate surface area is 178 Å². The van der Waals surface area contributed by atoms with Gasteiger partial charge in [0.1, 0.15) is 5.92 Å². The van der Waals surface area contributed by atoms with Crippen LogP contribution in [0.3, 0.4) is 0 Å². The Morgan fingerprint density at radius 1 is 0.900 bits per heavy atom. The largest absolute Gasteiger partial charge is 0.345 e. The molecule has 4 atom stereocenters. The molecular weight excluding hydrogens is 410 g/mol. The molecule has 162 valence electrons. The third-order valence-electron chi connectivity index (χ3n) is 6.48. The van der Waals surface area contributed by atoms with Crippen LogP contribution in [0.2, 0.25) is 0 Å². The Morgan fingerprint density at radius 2 is 1.43 bits per heavy atom. The van der Waals surface area contributed by atoms with Crippen LogP contribution in [0.25, 0.3) is 0 Å². The number of hydrogen-bond acceptors (Lipinski definition) is 6. The first-order chi connectivity index (χ1) is 14.0. The highest BCUT2D eigenvalue weighted by atomic mass is 35.7. The van der Waals surface area contributed by atoms with Gasteiger partial charge in [0, 0.05) is 17.7 Å². The molecule has 3 aliphatic heterocycles. The molecule has 2 bridgehead atoms. The third kappa shape index (κ3) is 3.35. The van der Waals surface area contributed by atoms with E-state index in [1.54, 1.807) is 0 Å². The summed E-state index contributed by atoms with van der Waals surface area (Å²) in [6.07, 6.45) is 3.57. The Kier molecular flexibility index (Phi) is 5.22. The zero-order valence-electron chi connectivity index (χ0n) is 17.4. The number of rotatable bonds is 0. The van der Waals surface area contributed by atoms with Gasteiger partial charge >= 0.3 is 0 Å². The van der Waals surface area contributed by atoms with Crippen molar-refractivity contribution >= 4 is 0 Å². The number of halogens is 1. The van der Waals surface area contributed by atoms with Crippen LogP contribution in [0, 0.1) is 15.7 Å². The molecule has 7 nitrogen and oxygen atoms in total. The predicted octanol–water partition coefficient (Wildman–Crippen LogP) is -0.797. The lowest BCUT2D eigenvalue weighted by molar-refractivity contribution is -2.00. The Bertz CT molecular complexity index is 880. The molecule has 4 aliphatic rings. The molecule has 6 rings (SSSR count). The molecule has 8 heteroatoms. The molecule has 0 radical (unpaired) electrons. The summed E-state index contributed by atoms with van der Waals surface area (Å²) in [6.45, 7) is 9.00. The van der Waals surface area contributed by atoms with Crippen molar-refractivity contribution in [3.05, 3.63) is 65.5 Å². The zero-order chi connectivity index (χ0) is 21.9. The maximum atomic E-state index is 8.49. The van der Waals surface area contributed by atoms with Gasteiger partial charge < -0.3 is 9.47 Å². The topological polar surface area (TPSA) is 115 Å². The van der Waals surface area contributed by atoms with Crippen molar-refractivity contribution in [2.45, 2.75) is 64.1 Å². The number of nitrogens with zero attached hydrogens (tertiary/aromatic N) is 1. The first-order valence-corrected chi connectivity index (χ1v) is 11.3. The van der Waals surface area contributed by atoms with Crippen molar-refractivity contribution in [3.63, 3.8) is 0 Å². The summed E-state index contributed by atoms with van der Waals surface area (Å²) in [4.78, 5) is 0. The summed E-state index contributed by atoms with van der Waals surface area (Å²) in [7, 11) is -4.94. The minimum Gasteiger partial charge on any atom is -0.345 e. The van der Waals surface area contributed by atoms with E-state index in [0.29, 0.717) is 0 Å². The lowest BCUT2D eigenvalue weighted by Gasteiger charge is -2.60. The van der Waals surface area contributed by atoms with E-state index < -0.39 is 16.0 Å². The second-order valence-corrected chi connectivity index (χ2v) is 9.61. The van der Waals surface area contributed by atoms with E-state index in [-0.39, 0.29) is 29.6 Å². The SMILES string of the molecule is C[C@H]1C[C@H](C)OC2(O1)[C@@H]1c3ccccc3[C@@H]([n+]3ccccc31)C2(C)C.[O-][Cl+3]([O-])([O-])[O-]. The normalized spacial score (nSPS) is 33.3. The van der Waals surface area contributed by atoms with Gasteiger partial charge in [-0.15, -0.1) is 10.2 Å². The Balaban J connectivity index is 0.000000393. The highest BCUT2D eigenvalue weighted by molar-refractivity contribution is 5.46. The van der Waals surface area contributed by atoms with E-state index in [1.165, 1.54) is 16.8 Å². The number of aromatic nitrogens is 1. The van der Waals surface area contributed by atoms with Crippen molar-refractivity contribution in [3.8, 4) is 0 Å². The molecule has 2 aromatic rings. The fourth-order valence-electron chi connectivity index (χ4n) is 5.61. The predicted molar refractivity (Wildman–Crippen MR) is 95.3 cm³/mol. The summed E-state index contributed by atoms with van der Waals surface area (Å²) in [6, 6.07) is 15.5. The first kappa shape index (κ1) is 21.6. The summed E-state index contributed by atoms with van der Waals surface area (Å²) >= 11 is 0. The van der Waals surface area contributed by atoms with Crippen molar-refractivity contribution in [1.29, 1.82) is 0 Å². The van der Waals surface area contributed by atoms with Crippen molar-refractivity contribution in [1.82, 2.24) is 0 Å². The molecule has 1 saturated heterocycles. The zero-order valence-corrected chi connectivity index (χ0v) is 18.2. The molecule has 1 aliphatic carbocycles. The molecular formula is C22H26ClNO6. The molecule has 4 heterocycles. The van der Waals surface area contributed by atoms with E-state index in [2.05, 4.69) is 80.9 Å². The Morgan fingerprint density at radius 3 is 2.03 bits per heavy atom. The smallest absolute Gasteiger partial charge is 0.197 e. The van der Waals surface area contributed by atoms with Gasteiger partial charge in [0.15, 0.2) is 23.7 Å². The molecule has 30 heavy (non-hydrogen) atoms. The van der Waals surface area contributed by atoms with Crippen LogP contribution in [0.4, 0.5) is 0 Å². The monoisotopic (exact) mass is 435 g/mol. The highest BCUT2D eigenvalue weighted by Crippen LogP contribution is 2.63. The summed E-state index contributed by atoms with van der Waals surface area (Å²) in [5.41, 5.74) is 3.89. The Hall–Kier alpha value is -1.58. The standard InChI is InChI=1S/C22H26NO2.ClHO4/c1-14-13-15(2)25-22(24-14)19-16-9-5-6-10-17(16)20(21(22,3)4)23-12-8-7-11-18(19)23;2-1(3,4)5/h5-12,14-15,19-20H,13H2,1-4H3;(H,2,3,4,5)/q+1;/p-1/t14-,15-,19+,20+;/m0./s1. The number of ether oxygens (including phenoxy) is 2. The maximum absolute atomic E-state index is 8.49. The van der Waals surface area contributed by atoms with Crippen molar-refractivity contribution in [2.24, 2.45) is 5.41 Å². The molecule has 1 fully saturated rings. The van der Waals surface area contributed by atoms with Crippen LogP contribution in [-0.2, 0) is 9.47 Å². The quantitative estimate of drug-likeness (QED) is 0.500. The highest BCUT2D eigenvalue weighted by Gasteiger charge is 2.72. The fourth-order valence-corrected chi connectivity index (χ4v) is 5.61. The minimum atomic E-state index is -4.94. The first-order valence-electron chi connectivity index (χ1n) is 10.0. The van der Waals surface area contributed by atoms with Crippen molar-refractivity contribution < 1.29 is 42.9 Å². The van der Waals surface area contributed by atoms with Gasteiger partial charge in [-0.25, -0.2) is 18.6 Å². The van der Waals surface area contributed by atoms with Gasteiger partial charge in [-0.2, -0.15) is 4.57 Å². The van der Waals surface area contributed by atoms with Gasteiger partial charge in [-0.3, -0.25) is 0 Å². The summed E-state index contributed by atoms with van der Waals surface area (Å²) < 4.78 is 49.8. The number of pyridine rings is 1. The lowest BCUT2D eigenvalue weighted by Crippen LogP contribution is -2.73. The molecule has 0 saturated carbocycles. The minimum absolute atomic E-state index is 0.0927. The van der Waals surface area contributed by atoms with Crippen LogP contribution >= 0.6 is 0 Å². The van der Waals surface area contributed by atoms with E-state index in [9.17, 15) is 0 Å². The molecule has 1 aromatic heterocycles. The van der Waals surface area contributed by atoms with Gasteiger partial charge in [0.2, 0.25) is 0 Å². The maximum Gasteiger partial charge on any atom is 0.197 e. The van der Waals surface area contributed by atoms with Crippen LogP contribution in [0.15, 0.2) is 48.7 Å². The van der Waals surface area contributed by atoms with E-state index in [0.717, 1.165) is 6.42 Å². The number of hydrogen-bond donors (Lipinski definition) is 0. The molecule has 0 unspecified atom stereocenters. The van der Waals surface area contributed by atoms with E-state index in [4.69, 9.17) is 28.1 Å². The average Bonchev–Trinajstić information content (AvgIpc) is 2.62. The van der Waals surface area contributed by atoms with Gasteiger partial charge in [-0.05, 0) is 39.7 Å². The van der Waals surface area contributed by atoms with Crippen LogP contribution in [0.5, 0.6) is 0 Å². The van der Waals surface area contributed by atoms with Gasteiger partial charge in [0.05, 0.1) is 17.6 Å². The van der Waals surface area contributed by atoms with Gasteiger partial charge in [0.25, 0.3) is 0 Å². The van der Waals surface area contributed by atoms with E-state index >= 15 is 0 Å². The van der Waals surface area contributed by atoms with Crippen LogP contribution < -0.4 is 23.2 Å². The fraction of sp³-hybridized carbons (Fsp3) is 0.500. The number of benzene rings is 1. The second kappa shape index (κ2) is 7.24. The molecule has 0 N–H and O–H groups in total. The summed E-state index contributed by atoms with van der Waals surface area (Å²) in [5, 5.41) is 0. The lowest BCUT2D eigenvalue weighted by atomic mass is 9.57. The second-order valence-electron chi connectivity index (χ2n) is 8.86. The molecule has 1 aromatic carbocycles. The third-order valence-corrected chi connectivity index (χ3v) is 6.48. The molecule has 0 amide bonds. The molecule has 1 spiro atoms.